The van der Waals surface area contributed by atoms with Crippen LogP contribution in [-0.4, -0.2) is 79.6 Å². The summed E-state index contributed by atoms with van der Waals surface area (Å²) in [4.78, 5) is 24.9. The van der Waals surface area contributed by atoms with E-state index >= 15 is 0 Å². The van der Waals surface area contributed by atoms with Gasteiger partial charge in [-0.3, -0.25) is 4.79 Å². The molecule has 2 aliphatic rings. The number of ether oxygens (including phenoxy) is 2. The van der Waals surface area contributed by atoms with Crippen LogP contribution in [0.25, 0.3) is 0 Å². The number of benzene rings is 1. The second-order valence-electron chi connectivity index (χ2n) is 7.01. The third-order valence-electron chi connectivity index (χ3n) is 4.88. The lowest BCUT2D eigenvalue weighted by molar-refractivity contribution is -0.114. The third kappa shape index (κ3) is 5.65. The van der Waals surface area contributed by atoms with Crippen molar-refractivity contribution < 1.29 is 24.2 Å². The Balaban J connectivity index is 1.40. The quantitative estimate of drug-likeness (QED) is 0.538. The molecule has 4 N–H and O–H groups in total. The molecule has 0 saturated carbocycles. The minimum atomic E-state index is -0.705. The normalized spacial score (nSPS) is 24.8. The summed E-state index contributed by atoms with van der Waals surface area (Å²) in [5, 5.41) is 19.3. The van der Waals surface area contributed by atoms with Gasteiger partial charge in [0.25, 0.3) is 0 Å². The molecule has 2 heterocycles. The predicted octanol–water partition coefficient (Wildman–Crippen LogP) is -0.0953. The summed E-state index contributed by atoms with van der Waals surface area (Å²) in [6.45, 7) is 4.93. The van der Waals surface area contributed by atoms with Gasteiger partial charge in [-0.1, -0.05) is 12.1 Å². The van der Waals surface area contributed by atoms with Crippen LogP contribution in [0.2, 0.25) is 0 Å². The Morgan fingerprint density at radius 3 is 2.61 bits per heavy atom. The van der Waals surface area contributed by atoms with Gasteiger partial charge in [0.05, 0.1) is 32.0 Å². The minimum absolute atomic E-state index is 0.108. The molecule has 28 heavy (non-hydrogen) atoms. The zero-order valence-electron chi connectivity index (χ0n) is 16.0. The lowest BCUT2D eigenvalue weighted by atomic mass is 10.1. The van der Waals surface area contributed by atoms with Crippen LogP contribution in [0.1, 0.15) is 12.5 Å². The first-order chi connectivity index (χ1) is 13.5. The van der Waals surface area contributed by atoms with Gasteiger partial charge < -0.3 is 35.4 Å². The molecule has 0 unspecified atom stereocenters. The number of carbonyl (C=O) groups excluding carboxylic acids is 2. The van der Waals surface area contributed by atoms with E-state index < -0.39 is 12.2 Å². The maximum absolute atomic E-state index is 12.1. The van der Waals surface area contributed by atoms with Crippen molar-refractivity contribution in [3.05, 3.63) is 29.8 Å². The number of nitrogens with one attached hydrogen (secondary N) is 3. The van der Waals surface area contributed by atoms with E-state index in [1.165, 1.54) is 6.92 Å². The van der Waals surface area contributed by atoms with E-state index in [1.807, 2.05) is 24.3 Å². The summed E-state index contributed by atoms with van der Waals surface area (Å²) in [5.41, 5.74) is 1.78. The number of nitrogens with zero attached hydrogens (tertiary/aromatic N) is 1. The molecule has 9 heteroatoms. The summed E-state index contributed by atoms with van der Waals surface area (Å²) < 4.78 is 10.9. The predicted molar refractivity (Wildman–Crippen MR) is 103 cm³/mol. The molecule has 2 aliphatic heterocycles. The van der Waals surface area contributed by atoms with E-state index in [0.29, 0.717) is 39.5 Å². The van der Waals surface area contributed by atoms with Crippen molar-refractivity contribution in [1.29, 1.82) is 0 Å². The van der Waals surface area contributed by atoms with Gasteiger partial charge in [-0.25, -0.2) is 4.79 Å². The number of carbonyl (C=O) groups is 2. The van der Waals surface area contributed by atoms with E-state index in [9.17, 15) is 14.7 Å². The van der Waals surface area contributed by atoms with Crippen LogP contribution in [0, 0.1) is 0 Å². The number of rotatable bonds is 6. The van der Waals surface area contributed by atoms with Crippen LogP contribution < -0.4 is 16.0 Å². The molecule has 2 saturated heterocycles. The maximum Gasteiger partial charge on any atom is 0.317 e. The number of aliphatic hydroxyl groups is 1. The monoisotopic (exact) mass is 392 g/mol. The topological polar surface area (TPSA) is 112 Å². The molecule has 9 nitrogen and oxygen atoms in total. The van der Waals surface area contributed by atoms with Crippen molar-refractivity contribution >= 4 is 17.6 Å². The zero-order valence-corrected chi connectivity index (χ0v) is 16.0. The fourth-order valence-electron chi connectivity index (χ4n) is 3.27. The highest BCUT2D eigenvalue weighted by molar-refractivity contribution is 5.88. The van der Waals surface area contributed by atoms with Crippen LogP contribution in [0.4, 0.5) is 10.5 Å². The third-order valence-corrected chi connectivity index (χ3v) is 4.88. The Morgan fingerprint density at radius 2 is 1.93 bits per heavy atom. The average molecular weight is 392 g/mol. The number of anilines is 1. The molecule has 3 amide bonds. The van der Waals surface area contributed by atoms with Gasteiger partial charge in [0.1, 0.15) is 6.10 Å². The van der Waals surface area contributed by atoms with Gasteiger partial charge in [-0.05, 0) is 17.7 Å². The van der Waals surface area contributed by atoms with Crippen LogP contribution >= 0.6 is 0 Å². The van der Waals surface area contributed by atoms with E-state index in [1.54, 1.807) is 4.90 Å². The molecular weight excluding hydrogens is 364 g/mol. The molecular formula is C19H28N4O5. The molecule has 0 aliphatic carbocycles. The van der Waals surface area contributed by atoms with Crippen LogP contribution in [0.15, 0.2) is 24.3 Å². The van der Waals surface area contributed by atoms with Crippen molar-refractivity contribution in [1.82, 2.24) is 15.5 Å². The van der Waals surface area contributed by atoms with Gasteiger partial charge in [-0.15, -0.1) is 0 Å². The first kappa shape index (κ1) is 20.5. The largest absolute Gasteiger partial charge is 0.389 e. The number of urea groups is 1. The summed E-state index contributed by atoms with van der Waals surface area (Å²) in [6, 6.07) is 7.14. The van der Waals surface area contributed by atoms with Gasteiger partial charge in [0, 0.05) is 38.8 Å². The highest BCUT2D eigenvalue weighted by Gasteiger charge is 2.35. The first-order valence-corrected chi connectivity index (χ1v) is 9.53. The fourth-order valence-corrected chi connectivity index (χ4v) is 3.27. The maximum atomic E-state index is 12.1. The Labute approximate surface area is 164 Å². The second kappa shape index (κ2) is 9.83. The number of amides is 3. The Kier molecular flexibility index (Phi) is 7.21. The average Bonchev–Trinajstić information content (AvgIpc) is 3.05. The van der Waals surface area contributed by atoms with E-state index in [4.69, 9.17) is 9.47 Å². The van der Waals surface area contributed by atoms with E-state index in [-0.39, 0.29) is 24.5 Å². The first-order valence-electron chi connectivity index (χ1n) is 9.53. The molecule has 0 bridgehead atoms. The number of aliphatic hydroxyl groups excluding tert-OH is 1. The second-order valence-corrected chi connectivity index (χ2v) is 7.01. The molecule has 1 aromatic rings. The lowest BCUT2D eigenvalue weighted by Crippen LogP contribution is -2.50. The Hall–Kier alpha value is -2.20. The van der Waals surface area contributed by atoms with Crippen molar-refractivity contribution in [2.45, 2.75) is 31.7 Å². The van der Waals surface area contributed by atoms with Gasteiger partial charge >= 0.3 is 6.03 Å². The van der Waals surface area contributed by atoms with E-state index in [0.717, 1.165) is 11.3 Å². The van der Waals surface area contributed by atoms with Crippen molar-refractivity contribution in [2.75, 3.05) is 44.8 Å². The Bertz CT molecular complexity index is 663. The molecule has 0 aromatic heterocycles. The molecule has 3 rings (SSSR count). The SMILES string of the molecule is CC(=O)Nc1ccc(CN[C@@H]2CO[C@H](CNC(=O)N3CCOCC3)[C@H]2O)cc1. The van der Waals surface area contributed by atoms with Crippen molar-refractivity contribution in [3.8, 4) is 0 Å². The highest BCUT2D eigenvalue weighted by atomic mass is 16.5. The van der Waals surface area contributed by atoms with Crippen molar-refractivity contribution in [3.63, 3.8) is 0 Å². The molecule has 2 fully saturated rings. The molecule has 1 aromatic carbocycles. The lowest BCUT2D eigenvalue weighted by Gasteiger charge is -2.27. The number of morpholine rings is 1. The summed E-state index contributed by atoms with van der Waals surface area (Å²) in [5.74, 6) is -0.108. The zero-order chi connectivity index (χ0) is 19.9. The molecule has 154 valence electrons. The van der Waals surface area contributed by atoms with Gasteiger partial charge in [-0.2, -0.15) is 0 Å². The fraction of sp³-hybridized carbons (Fsp3) is 0.579. The minimum Gasteiger partial charge on any atom is -0.389 e. The van der Waals surface area contributed by atoms with Gasteiger partial charge in [0.2, 0.25) is 5.91 Å². The summed E-state index contributed by atoms with van der Waals surface area (Å²) >= 11 is 0. The van der Waals surface area contributed by atoms with E-state index in [2.05, 4.69) is 16.0 Å². The Morgan fingerprint density at radius 1 is 1.21 bits per heavy atom. The number of hydrogen-bond acceptors (Lipinski definition) is 6. The van der Waals surface area contributed by atoms with Crippen molar-refractivity contribution in [2.24, 2.45) is 0 Å². The van der Waals surface area contributed by atoms with Gasteiger partial charge in [0.15, 0.2) is 0 Å². The molecule has 0 spiro atoms. The number of hydrogen-bond donors (Lipinski definition) is 4. The summed E-state index contributed by atoms with van der Waals surface area (Å²) in [7, 11) is 0. The molecule has 3 atom stereocenters. The molecule has 0 radical (unpaired) electrons. The van der Waals surface area contributed by atoms with Crippen LogP contribution in [-0.2, 0) is 20.8 Å². The van der Waals surface area contributed by atoms with Crippen LogP contribution in [0.5, 0.6) is 0 Å². The smallest absolute Gasteiger partial charge is 0.317 e. The highest BCUT2D eigenvalue weighted by Crippen LogP contribution is 2.15. The van der Waals surface area contributed by atoms with Crippen LogP contribution in [0.3, 0.4) is 0 Å². The summed E-state index contributed by atoms with van der Waals surface area (Å²) in [6.07, 6.45) is -1.15. The standard InChI is InChI=1S/C19H28N4O5/c1-13(24)22-15-4-2-14(3-5-15)10-20-16-12-28-17(18(16)25)11-21-19(26)23-6-8-27-9-7-23/h2-5,16-18,20,25H,6-12H2,1H3,(H,21,26)(H,22,24)/t16-,17-,18+/m1/s1.